The van der Waals surface area contributed by atoms with Crippen molar-refractivity contribution in [2.24, 2.45) is 0 Å². The van der Waals surface area contributed by atoms with Gasteiger partial charge >= 0.3 is 12.1 Å². The van der Waals surface area contributed by atoms with Gasteiger partial charge in [-0.1, -0.05) is 12.1 Å². The molecule has 1 saturated heterocycles. The summed E-state index contributed by atoms with van der Waals surface area (Å²) in [6, 6.07) is 5.15. The summed E-state index contributed by atoms with van der Waals surface area (Å²) in [5, 5.41) is 2.34. The zero-order valence-electron chi connectivity index (χ0n) is 7.70. The summed E-state index contributed by atoms with van der Waals surface area (Å²) < 4.78 is 17.1. The normalized spacial score (nSPS) is 19.9. The number of rotatable bonds is 2. The van der Waals surface area contributed by atoms with Crippen LogP contribution in [0.4, 0.5) is 9.18 Å². The molecule has 1 fully saturated rings. The molecule has 0 aliphatic carbocycles. The molecule has 1 amide bonds. The Morgan fingerprint density at radius 1 is 1.40 bits per heavy atom. The maximum absolute atomic E-state index is 12.8. The lowest BCUT2D eigenvalue weighted by atomic mass is 10.1. The van der Waals surface area contributed by atoms with Crippen LogP contribution in [0.25, 0.3) is 0 Å². The van der Waals surface area contributed by atoms with Gasteiger partial charge in [0.2, 0.25) is 0 Å². The van der Waals surface area contributed by atoms with E-state index in [1.807, 2.05) is 0 Å². The predicted molar refractivity (Wildman–Crippen MR) is 48.5 cm³/mol. The van der Waals surface area contributed by atoms with Crippen LogP contribution in [0, 0.1) is 5.82 Å². The fourth-order valence-corrected chi connectivity index (χ4v) is 1.43. The minimum Gasteiger partial charge on any atom is -0.375 e. The first kappa shape index (κ1) is 9.64. The van der Waals surface area contributed by atoms with Crippen molar-refractivity contribution in [3.05, 3.63) is 35.6 Å². The Balaban J connectivity index is 2.09. The van der Waals surface area contributed by atoms with E-state index in [1.165, 1.54) is 12.1 Å². The zero-order valence-corrected chi connectivity index (χ0v) is 7.70. The van der Waals surface area contributed by atoms with E-state index in [0.29, 0.717) is 5.56 Å². The number of carbonyl (C=O) groups is 2. The Kier molecular flexibility index (Phi) is 2.37. The minimum absolute atomic E-state index is 0.238. The van der Waals surface area contributed by atoms with Crippen molar-refractivity contribution in [3.63, 3.8) is 0 Å². The van der Waals surface area contributed by atoms with Crippen LogP contribution in [-0.4, -0.2) is 18.1 Å². The standard InChI is InChI=1S/C10H8FNO3/c11-7-3-1-2-6(4-7)5-8-9(13)15-10(14)12-8/h1-4,8H,5H2,(H,12,14)/t8-/m0/s1. The van der Waals surface area contributed by atoms with Gasteiger partial charge in [0.25, 0.3) is 0 Å². The summed E-state index contributed by atoms with van der Waals surface area (Å²) in [5.74, 6) is -0.991. The van der Waals surface area contributed by atoms with E-state index in [9.17, 15) is 14.0 Å². The Morgan fingerprint density at radius 3 is 2.80 bits per heavy atom. The lowest BCUT2D eigenvalue weighted by molar-refractivity contribution is -0.135. The van der Waals surface area contributed by atoms with Crippen molar-refractivity contribution in [1.29, 1.82) is 0 Å². The third kappa shape index (κ3) is 2.12. The van der Waals surface area contributed by atoms with Gasteiger partial charge in [0.15, 0.2) is 0 Å². The first-order chi connectivity index (χ1) is 7.15. The van der Waals surface area contributed by atoms with Crippen LogP contribution in [0.3, 0.4) is 0 Å². The van der Waals surface area contributed by atoms with Crippen molar-refractivity contribution in [3.8, 4) is 0 Å². The van der Waals surface area contributed by atoms with Gasteiger partial charge in [0.1, 0.15) is 11.9 Å². The second kappa shape index (κ2) is 3.68. The second-order valence-corrected chi connectivity index (χ2v) is 3.24. The molecule has 1 heterocycles. The Morgan fingerprint density at radius 2 is 2.20 bits per heavy atom. The average molecular weight is 209 g/mol. The molecule has 0 bridgehead atoms. The van der Waals surface area contributed by atoms with E-state index < -0.39 is 18.1 Å². The molecule has 0 radical (unpaired) electrons. The molecule has 1 atom stereocenters. The van der Waals surface area contributed by atoms with Crippen molar-refractivity contribution < 1.29 is 18.7 Å². The predicted octanol–water partition coefficient (Wildman–Crippen LogP) is 1.00. The van der Waals surface area contributed by atoms with E-state index in [-0.39, 0.29) is 12.2 Å². The van der Waals surface area contributed by atoms with Crippen LogP contribution >= 0.6 is 0 Å². The molecule has 1 aromatic rings. The van der Waals surface area contributed by atoms with Crippen LogP contribution in [0.1, 0.15) is 5.56 Å². The van der Waals surface area contributed by atoms with Gasteiger partial charge in [-0.25, -0.2) is 14.0 Å². The quantitative estimate of drug-likeness (QED) is 0.584. The summed E-state index contributed by atoms with van der Waals surface area (Å²) in [7, 11) is 0. The summed E-state index contributed by atoms with van der Waals surface area (Å²) in [6.45, 7) is 0. The average Bonchev–Trinajstić information content (AvgIpc) is 2.45. The van der Waals surface area contributed by atoms with E-state index in [4.69, 9.17) is 0 Å². The maximum Gasteiger partial charge on any atom is 0.415 e. The Hall–Kier alpha value is -1.91. The molecular weight excluding hydrogens is 201 g/mol. The van der Waals surface area contributed by atoms with Crippen LogP contribution in [0.2, 0.25) is 0 Å². The zero-order chi connectivity index (χ0) is 10.8. The number of benzene rings is 1. The largest absolute Gasteiger partial charge is 0.415 e. The van der Waals surface area contributed by atoms with Crippen molar-refractivity contribution in [1.82, 2.24) is 5.32 Å². The number of carbonyl (C=O) groups excluding carboxylic acids is 2. The van der Waals surface area contributed by atoms with E-state index >= 15 is 0 Å². The lowest BCUT2D eigenvalue weighted by Crippen LogP contribution is -2.30. The molecule has 1 aliphatic heterocycles. The van der Waals surface area contributed by atoms with Crippen LogP contribution < -0.4 is 5.32 Å². The molecule has 15 heavy (non-hydrogen) atoms. The van der Waals surface area contributed by atoms with E-state index in [0.717, 1.165) is 0 Å². The summed E-state index contributed by atoms with van der Waals surface area (Å²) >= 11 is 0. The molecule has 1 N–H and O–H groups in total. The number of amides is 1. The van der Waals surface area contributed by atoms with Crippen molar-refractivity contribution in [2.45, 2.75) is 12.5 Å². The molecule has 5 heteroatoms. The number of hydrogen-bond donors (Lipinski definition) is 1. The highest BCUT2D eigenvalue weighted by Gasteiger charge is 2.32. The van der Waals surface area contributed by atoms with Crippen molar-refractivity contribution in [2.75, 3.05) is 0 Å². The fourth-order valence-electron chi connectivity index (χ4n) is 1.43. The van der Waals surface area contributed by atoms with Gasteiger partial charge < -0.3 is 10.1 Å². The fraction of sp³-hybridized carbons (Fsp3) is 0.200. The number of esters is 1. The lowest BCUT2D eigenvalue weighted by Gasteiger charge is -2.05. The molecule has 1 aromatic carbocycles. The highest BCUT2D eigenvalue weighted by molar-refractivity contribution is 5.95. The smallest absolute Gasteiger partial charge is 0.375 e. The molecule has 0 unspecified atom stereocenters. The maximum atomic E-state index is 12.8. The molecule has 0 spiro atoms. The third-order valence-corrected chi connectivity index (χ3v) is 2.10. The number of alkyl carbamates (subject to hydrolysis) is 1. The Bertz CT molecular complexity index is 419. The van der Waals surface area contributed by atoms with Gasteiger partial charge in [-0.15, -0.1) is 0 Å². The number of halogens is 1. The first-order valence-corrected chi connectivity index (χ1v) is 4.42. The van der Waals surface area contributed by atoms with Crippen LogP contribution in [0.5, 0.6) is 0 Å². The van der Waals surface area contributed by atoms with Crippen molar-refractivity contribution >= 4 is 12.1 Å². The SMILES string of the molecule is O=C1N[C@@H](Cc2cccc(F)c2)C(=O)O1. The molecule has 0 saturated carbocycles. The monoisotopic (exact) mass is 209 g/mol. The molecule has 1 aliphatic rings. The first-order valence-electron chi connectivity index (χ1n) is 4.42. The van der Waals surface area contributed by atoms with Crippen LogP contribution in [-0.2, 0) is 16.0 Å². The highest BCUT2D eigenvalue weighted by atomic mass is 19.1. The van der Waals surface area contributed by atoms with Gasteiger partial charge in [-0.2, -0.15) is 0 Å². The molecule has 4 nitrogen and oxygen atoms in total. The summed E-state index contributed by atoms with van der Waals surface area (Å²) in [6.07, 6.45) is -0.510. The summed E-state index contributed by atoms with van der Waals surface area (Å²) in [5.41, 5.74) is 0.638. The Labute approximate surface area is 85.0 Å². The highest BCUT2D eigenvalue weighted by Crippen LogP contribution is 2.10. The summed E-state index contributed by atoms with van der Waals surface area (Å²) in [4.78, 5) is 21.8. The second-order valence-electron chi connectivity index (χ2n) is 3.24. The molecule has 78 valence electrons. The van der Waals surface area contributed by atoms with E-state index in [2.05, 4.69) is 10.1 Å². The van der Waals surface area contributed by atoms with Gasteiger partial charge in [0, 0.05) is 6.42 Å². The number of nitrogens with one attached hydrogen (secondary N) is 1. The van der Waals surface area contributed by atoms with Gasteiger partial charge in [-0.05, 0) is 17.7 Å². The number of ether oxygens (including phenoxy) is 1. The number of cyclic esters (lactones) is 2. The molecule has 2 rings (SSSR count). The third-order valence-electron chi connectivity index (χ3n) is 2.10. The van der Waals surface area contributed by atoms with Crippen LogP contribution in [0.15, 0.2) is 24.3 Å². The van der Waals surface area contributed by atoms with Gasteiger partial charge in [-0.3, -0.25) is 0 Å². The minimum atomic E-state index is -0.749. The number of hydrogen-bond acceptors (Lipinski definition) is 3. The topological polar surface area (TPSA) is 55.4 Å². The van der Waals surface area contributed by atoms with E-state index in [1.54, 1.807) is 12.1 Å². The molecule has 0 aromatic heterocycles. The van der Waals surface area contributed by atoms with Gasteiger partial charge in [0.05, 0.1) is 0 Å². The molecular formula is C10H8FNO3.